The Kier molecular flexibility index (Phi) is 65.5. The molecule has 94 heavy (non-hydrogen) atoms. The summed E-state index contributed by atoms with van der Waals surface area (Å²) >= 11 is 0. The average molecular weight is 1380 g/mol. The monoisotopic (exact) mass is 1380 g/mol. The third-order valence-electron chi connectivity index (χ3n) is 17.5. The summed E-state index contributed by atoms with van der Waals surface area (Å²) in [5, 5.41) is 10.6. The molecule has 0 aromatic heterocycles. The van der Waals surface area contributed by atoms with E-state index in [1.807, 2.05) is 0 Å². The number of carbonyl (C=O) groups excluding carboxylic acids is 4. The summed E-state index contributed by atoms with van der Waals surface area (Å²) in [6.07, 6.45) is 54.4. The maximum absolute atomic E-state index is 13.1. The van der Waals surface area contributed by atoms with E-state index in [0.717, 1.165) is 108 Å². The Bertz CT molecular complexity index is 1820. The van der Waals surface area contributed by atoms with E-state index in [0.29, 0.717) is 25.7 Å². The maximum Gasteiger partial charge on any atom is 0.472 e. The van der Waals surface area contributed by atoms with Crippen molar-refractivity contribution in [1.82, 2.24) is 0 Å². The second-order valence-corrected chi connectivity index (χ2v) is 30.9. The molecule has 0 aromatic rings. The fourth-order valence-corrected chi connectivity index (χ4v) is 13.1. The predicted molar refractivity (Wildman–Crippen MR) is 381 cm³/mol. The summed E-state index contributed by atoms with van der Waals surface area (Å²) in [6, 6.07) is 0. The molecule has 0 radical (unpaired) electrons. The first kappa shape index (κ1) is 92.1. The number of carbonyl (C=O) groups is 4. The van der Waals surface area contributed by atoms with Gasteiger partial charge in [0.1, 0.15) is 19.3 Å². The molecule has 0 aliphatic carbocycles. The summed E-state index contributed by atoms with van der Waals surface area (Å²) in [5.74, 6) is -0.525. The van der Waals surface area contributed by atoms with Gasteiger partial charge in [-0.25, -0.2) is 9.13 Å². The number of aliphatic hydroxyl groups excluding tert-OH is 1. The molecule has 0 saturated heterocycles. The summed E-state index contributed by atoms with van der Waals surface area (Å²) in [6.45, 7) is 9.56. The number of ether oxygens (including phenoxy) is 4. The fourth-order valence-electron chi connectivity index (χ4n) is 11.5. The summed E-state index contributed by atoms with van der Waals surface area (Å²) < 4.78 is 68.3. The molecule has 3 N–H and O–H groups in total. The highest BCUT2D eigenvalue weighted by Crippen LogP contribution is 2.45. The number of phosphoric ester groups is 2. The minimum Gasteiger partial charge on any atom is -0.462 e. The SMILES string of the molecule is CCCCCCCCCCCCCCCCC(=O)O[C@H](COC(=O)CCCCCCC)COP(=O)(O)OC[C@H](O)COP(=O)(O)OC[C@@H](COC(=O)CCCCCCCCCCCCCCCCC(C)C)OC(=O)CCCCCCCCCCCCCCCCCC(C)C. The van der Waals surface area contributed by atoms with Crippen molar-refractivity contribution in [3.63, 3.8) is 0 Å². The van der Waals surface area contributed by atoms with Crippen molar-refractivity contribution in [2.45, 2.75) is 407 Å². The van der Waals surface area contributed by atoms with E-state index in [4.69, 9.17) is 37.0 Å². The molecule has 0 aliphatic heterocycles. The van der Waals surface area contributed by atoms with E-state index in [2.05, 4.69) is 41.5 Å². The van der Waals surface area contributed by atoms with Crippen LogP contribution in [0.5, 0.6) is 0 Å². The molecule has 5 atom stereocenters. The summed E-state index contributed by atoms with van der Waals surface area (Å²) in [7, 11) is -9.90. The number of rotatable bonds is 74. The molecular formula is C75H146O17P2. The Hall–Kier alpha value is -1.94. The predicted octanol–water partition coefficient (Wildman–Crippen LogP) is 21.9. The molecule has 17 nitrogen and oxygen atoms in total. The topological polar surface area (TPSA) is 237 Å². The first-order valence-electron chi connectivity index (χ1n) is 39.0. The third kappa shape index (κ3) is 68.6. The molecule has 0 amide bonds. The quantitative estimate of drug-likeness (QED) is 0.0222. The molecule has 0 saturated carbocycles. The van der Waals surface area contributed by atoms with Crippen LogP contribution in [-0.2, 0) is 65.4 Å². The highest BCUT2D eigenvalue weighted by molar-refractivity contribution is 7.47. The van der Waals surface area contributed by atoms with E-state index in [9.17, 15) is 43.2 Å². The Balaban J connectivity index is 5.15. The lowest BCUT2D eigenvalue weighted by molar-refractivity contribution is -0.161. The van der Waals surface area contributed by atoms with Crippen LogP contribution in [0.4, 0.5) is 0 Å². The van der Waals surface area contributed by atoms with Crippen LogP contribution in [0.25, 0.3) is 0 Å². The first-order chi connectivity index (χ1) is 45.4. The zero-order chi connectivity index (χ0) is 69.3. The van der Waals surface area contributed by atoms with E-state index >= 15 is 0 Å². The Morgan fingerprint density at radius 2 is 0.489 bits per heavy atom. The second-order valence-electron chi connectivity index (χ2n) is 28.0. The lowest BCUT2D eigenvalue weighted by Crippen LogP contribution is -2.30. The van der Waals surface area contributed by atoms with Crippen molar-refractivity contribution in [3.05, 3.63) is 0 Å². The number of esters is 4. The minimum atomic E-state index is -4.95. The molecular weight excluding hydrogens is 1230 g/mol. The molecule has 558 valence electrons. The van der Waals surface area contributed by atoms with Gasteiger partial charge in [0, 0.05) is 25.7 Å². The highest BCUT2D eigenvalue weighted by atomic mass is 31.2. The van der Waals surface area contributed by atoms with Gasteiger partial charge in [-0.1, -0.05) is 337 Å². The lowest BCUT2D eigenvalue weighted by atomic mass is 10.0. The average Bonchev–Trinajstić information content (AvgIpc) is 1.64. The van der Waals surface area contributed by atoms with Gasteiger partial charge in [0.05, 0.1) is 26.4 Å². The number of unbranched alkanes of at least 4 members (excludes halogenated alkanes) is 44. The number of aliphatic hydroxyl groups is 1. The van der Waals surface area contributed by atoms with Crippen LogP contribution in [0.3, 0.4) is 0 Å². The number of hydrogen-bond acceptors (Lipinski definition) is 15. The first-order valence-corrected chi connectivity index (χ1v) is 42.0. The van der Waals surface area contributed by atoms with Crippen molar-refractivity contribution in [3.8, 4) is 0 Å². The van der Waals surface area contributed by atoms with Gasteiger partial charge in [-0.3, -0.25) is 37.3 Å². The van der Waals surface area contributed by atoms with Crippen LogP contribution in [0, 0.1) is 11.8 Å². The minimum absolute atomic E-state index is 0.107. The van der Waals surface area contributed by atoms with Crippen LogP contribution in [0.1, 0.15) is 388 Å². The third-order valence-corrected chi connectivity index (χ3v) is 19.4. The molecule has 0 aromatic carbocycles. The summed E-state index contributed by atoms with van der Waals surface area (Å²) in [4.78, 5) is 72.5. The molecule has 0 heterocycles. The van der Waals surface area contributed by atoms with E-state index < -0.39 is 97.5 Å². The smallest absolute Gasteiger partial charge is 0.462 e. The van der Waals surface area contributed by atoms with E-state index in [1.54, 1.807) is 0 Å². The molecule has 0 bridgehead atoms. The molecule has 0 fully saturated rings. The van der Waals surface area contributed by atoms with Gasteiger partial charge in [-0.05, 0) is 37.5 Å². The normalized spacial score (nSPS) is 14.0. The molecule has 0 spiro atoms. The van der Waals surface area contributed by atoms with Crippen molar-refractivity contribution < 1.29 is 80.2 Å². The van der Waals surface area contributed by atoms with Gasteiger partial charge < -0.3 is 33.8 Å². The van der Waals surface area contributed by atoms with Gasteiger partial charge in [-0.15, -0.1) is 0 Å². The van der Waals surface area contributed by atoms with Crippen LogP contribution >= 0.6 is 15.6 Å². The van der Waals surface area contributed by atoms with Gasteiger partial charge in [-0.2, -0.15) is 0 Å². The zero-order valence-corrected chi connectivity index (χ0v) is 63.1. The number of hydrogen-bond donors (Lipinski definition) is 3. The second kappa shape index (κ2) is 66.9. The van der Waals surface area contributed by atoms with Gasteiger partial charge in [0.2, 0.25) is 0 Å². The van der Waals surface area contributed by atoms with Crippen molar-refractivity contribution >= 4 is 39.5 Å². The maximum atomic E-state index is 13.1. The van der Waals surface area contributed by atoms with Gasteiger partial charge in [0.25, 0.3) is 0 Å². The van der Waals surface area contributed by atoms with E-state index in [-0.39, 0.29) is 25.7 Å². The van der Waals surface area contributed by atoms with Crippen molar-refractivity contribution in [2.75, 3.05) is 39.6 Å². The Labute approximate surface area is 575 Å². The largest absolute Gasteiger partial charge is 0.472 e. The Morgan fingerprint density at radius 1 is 0.287 bits per heavy atom. The molecule has 0 rings (SSSR count). The molecule has 19 heteroatoms. The standard InChI is InChI=1S/C75H146O17P2/c1-7-9-11-13-14-15-16-17-25-31-36-41-47-53-59-74(79)91-70(63-85-72(77)57-51-43-12-10-8-2)65-89-93(81,82)87-61-69(76)62-88-94(83,84)90-66-71(64-86-73(78)58-52-46-40-35-30-26-22-21-24-29-34-39-45-50-56-68(5)6)92-75(80)60-54-48-42-37-32-27-20-18-19-23-28-33-38-44-49-55-67(3)4/h67-71,76H,7-66H2,1-6H3,(H,81,82)(H,83,84)/t69-,70+,71+/m0/s1. The zero-order valence-electron chi connectivity index (χ0n) is 61.3. The van der Waals surface area contributed by atoms with E-state index in [1.165, 1.54) is 199 Å². The number of phosphoric acid groups is 2. The van der Waals surface area contributed by atoms with Crippen LogP contribution in [-0.4, -0.2) is 96.7 Å². The van der Waals surface area contributed by atoms with Crippen molar-refractivity contribution in [2.24, 2.45) is 11.8 Å². The molecule has 0 aliphatic rings. The van der Waals surface area contributed by atoms with Gasteiger partial charge in [0.15, 0.2) is 12.2 Å². The Morgan fingerprint density at radius 3 is 0.723 bits per heavy atom. The van der Waals surface area contributed by atoms with Crippen LogP contribution in [0.2, 0.25) is 0 Å². The van der Waals surface area contributed by atoms with Crippen LogP contribution in [0.15, 0.2) is 0 Å². The van der Waals surface area contributed by atoms with Crippen molar-refractivity contribution in [1.29, 1.82) is 0 Å². The van der Waals surface area contributed by atoms with Crippen LogP contribution < -0.4 is 0 Å². The highest BCUT2D eigenvalue weighted by Gasteiger charge is 2.30. The summed E-state index contributed by atoms with van der Waals surface area (Å²) in [5.41, 5.74) is 0. The lowest BCUT2D eigenvalue weighted by Gasteiger charge is -2.21. The molecule has 2 unspecified atom stereocenters. The fraction of sp³-hybridized carbons (Fsp3) is 0.947. The van der Waals surface area contributed by atoms with Gasteiger partial charge >= 0.3 is 39.5 Å².